The van der Waals surface area contributed by atoms with Crippen LogP contribution in [0.5, 0.6) is 0 Å². The SMILES string of the molecule is COC(=O)[C@H]1CN1Cc1ccccc1. The maximum absolute atomic E-state index is 11.1. The van der Waals surface area contributed by atoms with Crippen LogP contribution in [0.15, 0.2) is 30.3 Å². The highest BCUT2D eigenvalue weighted by molar-refractivity contribution is 5.78. The van der Waals surface area contributed by atoms with Crippen LogP contribution in [0.25, 0.3) is 0 Å². The monoisotopic (exact) mass is 191 g/mol. The number of rotatable bonds is 3. The average molecular weight is 191 g/mol. The Balaban J connectivity index is 1.88. The van der Waals surface area contributed by atoms with Crippen LogP contribution in [0.1, 0.15) is 5.56 Å². The van der Waals surface area contributed by atoms with Gasteiger partial charge in [0, 0.05) is 13.1 Å². The van der Waals surface area contributed by atoms with E-state index in [1.165, 1.54) is 12.7 Å². The Morgan fingerprint density at radius 2 is 2.21 bits per heavy atom. The molecule has 1 fully saturated rings. The van der Waals surface area contributed by atoms with Gasteiger partial charge in [-0.05, 0) is 5.56 Å². The van der Waals surface area contributed by atoms with Crippen LogP contribution in [-0.4, -0.2) is 30.6 Å². The number of esters is 1. The first-order valence-electron chi connectivity index (χ1n) is 4.67. The summed E-state index contributed by atoms with van der Waals surface area (Å²) in [4.78, 5) is 13.2. The van der Waals surface area contributed by atoms with Crippen molar-refractivity contribution in [2.45, 2.75) is 12.6 Å². The molecule has 74 valence electrons. The maximum Gasteiger partial charge on any atom is 0.324 e. The average Bonchev–Trinajstić information content (AvgIpc) is 2.98. The normalized spacial score (nSPS) is 24.4. The molecule has 0 saturated carbocycles. The fraction of sp³-hybridized carbons (Fsp3) is 0.364. The van der Waals surface area contributed by atoms with Gasteiger partial charge in [-0.15, -0.1) is 0 Å². The second-order valence-corrected chi connectivity index (χ2v) is 3.45. The summed E-state index contributed by atoms with van der Waals surface area (Å²) in [6.45, 7) is 1.65. The number of hydrogen-bond acceptors (Lipinski definition) is 3. The van der Waals surface area contributed by atoms with Gasteiger partial charge >= 0.3 is 5.97 Å². The Morgan fingerprint density at radius 1 is 1.50 bits per heavy atom. The summed E-state index contributed by atoms with van der Waals surface area (Å²) < 4.78 is 4.66. The molecule has 1 aliphatic rings. The van der Waals surface area contributed by atoms with Gasteiger partial charge in [0.1, 0.15) is 6.04 Å². The highest BCUT2D eigenvalue weighted by Crippen LogP contribution is 2.21. The zero-order valence-corrected chi connectivity index (χ0v) is 8.14. The zero-order valence-electron chi connectivity index (χ0n) is 8.14. The summed E-state index contributed by atoms with van der Waals surface area (Å²) in [7, 11) is 1.43. The van der Waals surface area contributed by atoms with Crippen LogP contribution in [0.3, 0.4) is 0 Å². The summed E-state index contributed by atoms with van der Waals surface area (Å²) in [5, 5.41) is 0. The van der Waals surface area contributed by atoms with Gasteiger partial charge in [-0.25, -0.2) is 0 Å². The van der Waals surface area contributed by atoms with E-state index in [9.17, 15) is 4.79 Å². The fourth-order valence-corrected chi connectivity index (χ4v) is 1.53. The van der Waals surface area contributed by atoms with Crippen LogP contribution in [-0.2, 0) is 16.1 Å². The predicted molar refractivity (Wildman–Crippen MR) is 52.7 cm³/mol. The van der Waals surface area contributed by atoms with E-state index >= 15 is 0 Å². The van der Waals surface area contributed by atoms with Crippen molar-refractivity contribution < 1.29 is 9.53 Å². The first-order valence-corrected chi connectivity index (χ1v) is 4.67. The van der Waals surface area contributed by atoms with E-state index in [2.05, 4.69) is 21.8 Å². The Kier molecular flexibility index (Phi) is 2.50. The molecule has 1 unspecified atom stereocenters. The van der Waals surface area contributed by atoms with Crippen molar-refractivity contribution >= 4 is 5.97 Å². The third-order valence-corrected chi connectivity index (χ3v) is 2.42. The third-order valence-electron chi connectivity index (χ3n) is 2.42. The first-order chi connectivity index (χ1) is 6.81. The Labute approximate surface area is 83.3 Å². The molecule has 3 nitrogen and oxygen atoms in total. The predicted octanol–water partition coefficient (Wildman–Crippen LogP) is 1.04. The van der Waals surface area contributed by atoms with E-state index < -0.39 is 0 Å². The minimum absolute atomic E-state index is 0.0137. The van der Waals surface area contributed by atoms with E-state index in [4.69, 9.17) is 0 Å². The summed E-state index contributed by atoms with van der Waals surface area (Å²) in [6.07, 6.45) is 0. The molecular formula is C11H13NO2. The molecule has 0 aliphatic carbocycles. The minimum Gasteiger partial charge on any atom is -0.468 e. The minimum atomic E-state index is -0.124. The van der Waals surface area contributed by atoms with Gasteiger partial charge < -0.3 is 4.74 Å². The molecule has 0 N–H and O–H groups in total. The van der Waals surface area contributed by atoms with Crippen LogP contribution in [0, 0.1) is 0 Å². The van der Waals surface area contributed by atoms with Crippen molar-refractivity contribution in [1.29, 1.82) is 0 Å². The highest BCUT2D eigenvalue weighted by Gasteiger charge is 2.40. The molecule has 0 spiro atoms. The van der Waals surface area contributed by atoms with Crippen molar-refractivity contribution in [2.75, 3.05) is 13.7 Å². The fourth-order valence-electron chi connectivity index (χ4n) is 1.53. The lowest BCUT2D eigenvalue weighted by Crippen LogP contribution is -2.14. The summed E-state index contributed by atoms with van der Waals surface area (Å²) in [5.74, 6) is -0.124. The molecule has 1 aromatic carbocycles. The molecule has 1 aliphatic heterocycles. The first kappa shape index (κ1) is 9.21. The number of carbonyl (C=O) groups is 1. The molecule has 0 amide bonds. The molecule has 0 aromatic heterocycles. The zero-order chi connectivity index (χ0) is 9.97. The van der Waals surface area contributed by atoms with Crippen LogP contribution in [0.2, 0.25) is 0 Å². The molecular weight excluding hydrogens is 178 g/mol. The lowest BCUT2D eigenvalue weighted by Gasteiger charge is -2.02. The molecule has 0 bridgehead atoms. The maximum atomic E-state index is 11.1. The second-order valence-electron chi connectivity index (χ2n) is 3.45. The number of methoxy groups -OCH3 is 1. The molecule has 0 radical (unpaired) electrons. The number of hydrogen-bond donors (Lipinski definition) is 0. The summed E-state index contributed by atoms with van der Waals surface area (Å²) in [6, 6.07) is 10.1. The van der Waals surface area contributed by atoms with Crippen molar-refractivity contribution in [3.8, 4) is 0 Å². The highest BCUT2D eigenvalue weighted by atomic mass is 16.5. The molecule has 2 atom stereocenters. The molecule has 3 heteroatoms. The van der Waals surface area contributed by atoms with Gasteiger partial charge in [0.2, 0.25) is 0 Å². The number of carbonyl (C=O) groups excluding carboxylic acids is 1. The van der Waals surface area contributed by atoms with Crippen LogP contribution >= 0.6 is 0 Å². The van der Waals surface area contributed by atoms with Gasteiger partial charge in [-0.3, -0.25) is 9.69 Å². The molecule has 14 heavy (non-hydrogen) atoms. The summed E-state index contributed by atoms with van der Waals surface area (Å²) in [5.41, 5.74) is 1.24. The Hall–Kier alpha value is -1.35. The molecule has 1 heterocycles. The van der Waals surface area contributed by atoms with Crippen LogP contribution < -0.4 is 0 Å². The molecule has 2 rings (SSSR count). The van der Waals surface area contributed by atoms with Crippen LogP contribution in [0.4, 0.5) is 0 Å². The molecule has 1 saturated heterocycles. The van der Waals surface area contributed by atoms with E-state index in [-0.39, 0.29) is 12.0 Å². The Morgan fingerprint density at radius 3 is 2.86 bits per heavy atom. The standard InChI is InChI=1S/C11H13NO2/c1-14-11(13)10-8-12(10)7-9-5-3-2-4-6-9/h2-6,10H,7-8H2,1H3/t10-,12?/m1/s1. The van der Waals surface area contributed by atoms with E-state index in [1.54, 1.807) is 0 Å². The van der Waals surface area contributed by atoms with Crippen molar-refractivity contribution in [3.05, 3.63) is 35.9 Å². The van der Waals surface area contributed by atoms with Crippen molar-refractivity contribution in [2.24, 2.45) is 0 Å². The lowest BCUT2D eigenvalue weighted by atomic mass is 10.2. The quantitative estimate of drug-likeness (QED) is 0.528. The van der Waals surface area contributed by atoms with Gasteiger partial charge in [0.05, 0.1) is 7.11 Å². The van der Waals surface area contributed by atoms with E-state index in [0.29, 0.717) is 0 Å². The van der Waals surface area contributed by atoms with Gasteiger partial charge in [-0.1, -0.05) is 30.3 Å². The van der Waals surface area contributed by atoms with E-state index in [0.717, 1.165) is 13.1 Å². The lowest BCUT2D eigenvalue weighted by molar-refractivity contribution is -0.140. The Bertz CT molecular complexity index is 323. The molecule has 1 aromatic rings. The third kappa shape index (κ3) is 1.93. The van der Waals surface area contributed by atoms with E-state index in [1.807, 2.05) is 18.2 Å². The van der Waals surface area contributed by atoms with Crippen molar-refractivity contribution in [1.82, 2.24) is 4.90 Å². The second kappa shape index (κ2) is 3.80. The largest absolute Gasteiger partial charge is 0.468 e. The number of nitrogens with zero attached hydrogens (tertiary/aromatic N) is 1. The number of ether oxygens (including phenoxy) is 1. The van der Waals surface area contributed by atoms with Gasteiger partial charge in [-0.2, -0.15) is 0 Å². The van der Waals surface area contributed by atoms with Gasteiger partial charge in [0.15, 0.2) is 0 Å². The topological polar surface area (TPSA) is 29.3 Å². The van der Waals surface area contributed by atoms with Crippen molar-refractivity contribution in [3.63, 3.8) is 0 Å². The smallest absolute Gasteiger partial charge is 0.324 e. The van der Waals surface area contributed by atoms with Gasteiger partial charge in [0.25, 0.3) is 0 Å². The summed E-state index contributed by atoms with van der Waals surface area (Å²) >= 11 is 0. The number of benzene rings is 1.